The molecule has 19 heavy (non-hydrogen) atoms. The van der Waals surface area contributed by atoms with Gasteiger partial charge in [-0.1, -0.05) is 0 Å². The molecule has 0 saturated carbocycles. The minimum Gasteiger partial charge on any atom is -0.397 e. The van der Waals surface area contributed by atoms with Gasteiger partial charge in [-0.3, -0.25) is 0 Å². The van der Waals surface area contributed by atoms with Crippen molar-refractivity contribution in [2.24, 2.45) is 5.14 Å². The summed E-state index contributed by atoms with van der Waals surface area (Å²) in [5.74, 6) is 0. The summed E-state index contributed by atoms with van der Waals surface area (Å²) >= 11 is 0. The molecule has 0 aliphatic heterocycles. The van der Waals surface area contributed by atoms with Crippen LogP contribution in [0, 0.1) is 0 Å². The zero-order valence-electron chi connectivity index (χ0n) is 11.0. The molecule has 0 aromatic heterocycles. The number of aliphatic hydroxyl groups is 1. The zero-order valence-corrected chi connectivity index (χ0v) is 11.9. The molecule has 108 valence electrons. The monoisotopic (exact) mass is 287 g/mol. The van der Waals surface area contributed by atoms with Gasteiger partial charge in [-0.05, 0) is 37.5 Å². The summed E-state index contributed by atoms with van der Waals surface area (Å²) in [4.78, 5) is 1.94. The van der Waals surface area contributed by atoms with Crippen molar-refractivity contribution in [1.29, 1.82) is 0 Å². The van der Waals surface area contributed by atoms with Crippen LogP contribution in [0.5, 0.6) is 0 Å². The van der Waals surface area contributed by atoms with Gasteiger partial charge in [-0.15, -0.1) is 0 Å². The lowest BCUT2D eigenvalue weighted by molar-refractivity contribution is 0.283. The topological polar surface area (TPSA) is 110 Å². The maximum atomic E-state index is 11.3. The maximum Gasteiger partial charge on any atom is 0.238 e. The summed E-state index contributed by atoms with van der Waals surface area (Å²) < 4.78 is 22.6. The van der Waals surface area contributed by atoms with Crippen molar-refractivity contribution in [1.82, 2.24) is 0 Å². The third-order valence-electron chi connectivity index (χ3n) is 2.89. The normalized spacial score (nSPS) is 11.5. The van der Waals surface area contributed by atoms with Crippen molar-refractivity contribution in [2.75, 3.05) is 30.8 Å². The molecule has 0 radical (unpaired) electrons. The molecule has 0 fully saturated rings. The summed E-state index contributed by atoms with van der Waals surface area (Å²) in [6.07, 6.45) is 2.58. The molecule has 0 amide bonds. The molecule has 0 aliphatic rings. The number of unbranched alkanes of at least 4 members (excludes halogenated alkanes) is 2. The average Bonchev–Trinajstić information content (AvgIpc) is 2.33. The van der Waals surface area contributed by atoms with Crippen molar-refractivity contribution < 1.29 is 13.5 Å². The molecule has 1 aromatic carbocycles. The van der Waals surface area contributed by atoms with Crippen molar-refractivity contribution in [3.05, 3.63) is 18.2 Å². The van der Waals surface area contributed by atoms with Crippen molar-refractivity contribution in [2.45, 2.75) is 24.2 Å². The minimum absolute atomic E-state index is 0.0545. The number of nitrogen functional groups attached to an aromatic ring is 1. The Morgan fingerprint density at radius 1 is 1.26 bits per heavy atom. The highest BCUT2D eigenvalue weighted by Gasteiger charge is 2.12. The Bertz CT molecular complexity index is 517. The van der Waals surface area contributed by atoms with Crippen LogP contribution in [0.15, 0.2) is 23.1 Å². The Labute approximate surface area is 114 Å². The van der Waals surface area contributed by atoms with Gasteiger partial charge in [0.05, 0.1) is 16.3 Å². The first-order valence-electron chi connectivity index (χ1n) is 6.10. The summed E-state index contributed by atoms with van der Waals surface area (Å²) in [6.45, 7) is 0.922. The van der Waals surface area contributed by atoms with E-state index >= 15 is 0 Å². The fourth-order valence-corrected chi connectivity index (χ4v) is 2.32. The van der Waals surface area contributed by atoms with E-state index < -0.39 is 10.0 Å². The van der Waals surface area contributed by atoms with Gasteiger partial charge in [0.2, 0.25) is 10.0 Å². The fourth-order valence-electron chi connectivity index (χ4n) is 1.79. The fraction of sp³-hybridized carbons (Fsp3) is 0.500. The highest BCUT2D eigenvalue weighted by molar-refractivity contribution is 7.89. The number of primary sulfonamides is 1. The lowest BCUT2D eigenvalue weighted by atomic mass is 10.2. The van der Waals surface area contributed by atoms with E-state index in [-0.39, 0.29) is 11.5 Å². The number of nitrogens with two attached hydrogens (primary N) is 2. The number of hydrogen-bond donors (Lipinski definition) is 3. The highest BCUT2D eigenvalue weighted by atomic mass is 32.2. The number of anilines is 2. The number of benzene rings is 1. The van der Waals surface area contributed by atoms with Crippen molar-refractivity contribution in [3.63, 3.8) is 0 Å². The van der Waals surface area contributed by atoms with E-state index in [1.165, 1.54) is 12.1 Å². The number of nitrogens with zero attached hydrogens (tertiary/aromatic N) is 1. The van der Waals surface area contributed by atoms with Crippen LogP contribution in [0.1, 0.15) is 19.3 Å². The lowest BCUT2D eigenvalue weighted by Gasteiger charge is -2.21. The third-order valence-corrected chi connectivity index (χ3v) is 3.80. The number of aliphatic hydroxyl groups excluding tert-OH is 1. The van der Waals surface area contributed by atoms with Crippen LogP contribution in [-0.2, 0) is 10.0 Å². The first kappa shape index (κ1) is 15.7. The van der Waals surface area contributed by atoms with E-state index in [0.717, 1.165) is 25.8 Å². The maximum absolute atomic E-state index is 11.3. The lowest BCUT2D eigenvalue weighted by Crippen LogP contribution is -2.21. The molecule has 0 bridgehead atoms. The first-order chi connectivity index (χ1) is 8.86. The van der Waals surface area contributed by atoms with Crippen LogP contribution in [0.25, 0.3) is 0 Å². The van der Waals surface area contributed by atoms with E-state index in [2.05, 4.69) is 0 Å². The molecule has 0 spiro atoms. The van der Waals surface area contributed by atoms with Gasteiger partial charge in [-0.2, -0.15) is 0 Å². The Hall–Kier alpha value is -1.31. The predicted molar refractivity (Wildman–Crippen MR) is 76.4 cm³/mol. The Kier molecular flexibility index (Phi) is 5.59. The molecule has 6 nitrogen and oxygen atoms in total. The smallest absolute Gasteiger partial charge is 0.238 e. The molecular weight excluding hydrogens is 266 g/mol. The summed E-state index contributed by atoms with van der Waals surface area (Å²) in [6, 6.07) is 4.42. The Balaban J connectivity index is 2.81. The van der Waals surface area contributed by atoms with Gasteiger partial charge in [-0.25, -0.2) is 13.6 Å². The van der Waals surface area contributed by atoms with Gasteiger partial charge in [0.1, 0.15) is 0 Å². The molecule has 0 aliphatic carbocycles. The number of rotatable bonds is 7. The molecular formula is C12H21N3O3S. The molecule has 1 rings (SSSR count). The number of sulfonamides is 1. The molecule has 0 atom stereocenters. The van der Waals surface area contributed by atoms with Gasteiger partial charge in [0.25, 0.3) is 0 Å². The summed E-state index contributed by atoms with van der Waals surface area (Å²) in [5, 5.41) is 13.8. The first-order valence-corrected chi connectivity index (χ1v) is 7.65. The highest BCUT2D eigenvalue weighted by Crippen LogP contribution is 2.25. The molecule has 7 heteroatoms. The van der Waals surface area contributed by atoms with Crippen LogP contribution >= 0.6 is 0 Å². The zero-order chi connectivity index (χ0) is 14.5. The Morgan fingerprint density at radius 3 is 2.53 bits per heavy atom. The molecule has 5 N–H and O–H groups in total. The SMILES string of the molecule is CN(CCCCCO)c1cc(S(N)(=O)=O)ccc1N. The quantitative estimate of drug-likeness (QED) is 0.500. The van der Waals surface area contributed by atoms with Crippen LogP contribution < -0.4 is 15.8 Å². The van der Waals surface area contributed by atoms with E-state index in [4.69, 9.17) is 16.0 Å². The second-order valence-corrected chi connectivity index (χ2v) is 6.03. The average molecular weight is 287 g/mol. The second-order valence-electron chi connectivity index (χ2n) is 4.47. The van der Waals surface area contributed by atoms with E-state index in [9.17, 15) is 8.42 Å². The van der Waals surface area contributed by atoms with E-state index in [0.29, 0.717) is 11.4 Å². The Morgan fingerprint density at radius 2 is 1.95 bits per heavy atom. The third kappa shape index (κ3) is 4.70. The molecule has 0 unspecified atom stereocenters. The van der Waals surface area contributed by atoms with Gasteiger partial charge < -0.3 is 15.7 Å². The number of hydrogen-bond acceptors (Lipinski definition) is 5. The minimum atomic E-state index is -3.72. The van der Waals surface area contributed by atoms with Crippen LogP contribution in [0.2, 0.25) is 0 Å². The van der Waals surface area contributed by atoms with Gasteiger partial charge in [0.15, 0.2) is 0 Å². The predicted octanol–water partition coefficient (Wildman–Crippen LogP) is 0.515. The molecule has 0 heterocycles. The van der Waals surface area contributed by atoms with E-state index in [1.54, 1.807) is 6.07 Å². The van der Waals surface area contributed by atoms with Crippen LogP contribution in [0.3, 0.4) is 0 Å². The standard InChI is InChI=1S/C12H21N3O3S/c1-15(7-3-2-4-8-16)12-9-10(19(14,17)18)5-6-11(12)13/h5-6,9,16H,2-4,7-8,13H2,1H3,(H2,14,17,18). The largest absolute Gasteiger partial charge is 0.397 e. The van der Waals surface area contributed by atoms with Gasteiger partial charge >= 0.3 is 0 Å². The molecule has 1 aromatic rings. The summed E-state index contributed by atoms with van der Waals surface area (Å²) in [5.41, 5.74) is 7.01. The van der Waals surface area contributed by atoms with Gasteiger partial charge in [0, 0.05) is 20.2 Å². The molecule has 0 saturated heterocycles. The van der Waals surface area contributed by atoms with Crippen molar-refractivity contribution >= 4 is 21.4 Å². The summed E-state index contributed by atoms with van der Waals surface area (Å²) in [7, 11) is -1.88. The van der Waals surface area contributed by atoms with Crippen molar-refractivity contribution in [3.8, 4) is 0 Å². The van der Waals surface area contributed by atoms with E-state index in [1.807, 2.05) is 11.9 Å². The van der Waals surface area contributed by atoms with Crippen LogP contribution in [-0.4, -0.2) is 33.7 Å². The second kappa shape index (κ2) is 6.74. The van der Waals surface area contributed by atoms with Crippen LogP contribution in [0.4, 0.5) is 11.4 Å².